The van der Waals surface area contributed by atoms with Gasteiger partial charge in [-0.05, 0) is 12.8 Å². The summed E-state index contributed by atoms with van der Waals surface area (Å²) in [6.45, 7) is 0. The van der Waals surface area contributed by atoms with E-state index in [1.807, 2.05) is 4.68 Å². The highest BCUT2D eigenvalue weighted by Crippen LogP contribution is 2.35. The first-order valence-electron chi connectivity index (χ1n) is 3.27. The molecule has 0 aliphatic heterocycles. The molecule has 0 radical (unpaired) electrons. The van der Waals surface area contributed by atoms with Crippen molar-refractivity contribution < 1.29 is 0 Å². The van der Waals surface area contributed by atoms with Gasteiger partial charge in [0.05, 0.1) is 11.7 Å². The Labute approximate surface area is 75.9 Å². The highest BCUT2D eigenvalue weighted by atomic mass is 35.5. The third kappa shape index (κ3) is 1.60. The van der Waals surface area contributed by atoms with Crippen molar-refractivity contribution >= 4 is 29.7 Å². The van der Waals surface area contributed by atoms with Crippen LogP contribution in [0.3, 0.4) is 0 Å². The number of nitrogen functional groups attached to an aromatic ring is 1. The van der Waals surface area contributed by atoms with E-state index < -0.39 is 0 Å². The highest BCUT2D eigenvalue weighted by Gasteiger charge is 2.24. The minimum Gasteiger partial charge on any atom is -0.395 e. The van der Waals surface area contributed by atoms with Crippen molar-refractivity contribution in [3.63, 3.8) is 0 Å². The van der Waals surface area contributed by atoms with Gasteiger partial charge in [-0.3, -0.25) is 4.68 Å². The summed E-state index contributed by atoms with van der Waals surface area (Å²) in [5, 5.41) is 4.45. The summed E-state index contributed by atoms with van der Waals surface area (Å²) in [5.41, 5.74) is 6.07. The van der Waals surface area contributed by atoms with Crippen molar-refractivity contribution in [2.45, 2.75) is 18.9 Å². The van der Waals surface area contributed by atoms with E-state index in [2.05, 4.69) is 5.10 Å². The van der Waals surface area contributed by atoms with Gasteiger partial charge in [0.15, 0.2) is 5.15 Å². The minimum atomic E-state index is 0. The van der Waals surface area contributed by atoms with Gasteiger partial charge in [0, 0.05) is 6.20 Å². The van der Waals surface area contributed by atoms with E-state index in [9.17, 15) is 0 Å². The van der Waals surface area contributed by atoms with E-state index >= 15 is 0 Å². The molecule has 0 atom stereocenters. The zero-order valence-electron chi connectivity index (χ0n) is 5.83. The second-order valence-electron chi connectivity index (χ2n) is 2.59. The summed E-state index contributed by atoms with van der Waals surface area (Å²) in [4.78, 5) is 0. The molecule has 2 rings (SSSR count). The first kappa shape index (κ1) is 8.68. The zero-order chi connectivity index (χ0) is 7.14. The van der Waals surface area contributed by atoms with Crippen LogP contribution in [0.1, 0.15) is 18.9 Å². The standard InChI is InChI=1S/C6H8ClN3.ClH/c7-6-5(8)3-10(9-6)4-1-2-4;/h3-4H,1-2,8H2;1H. The molecule has 62 valence electrons. The van der Waals surface area contributed by atoms with Crippen LogP contribution in [0.25, 0.3) is 0 Å². The fourth-order valence-electron chi connectivity index (χ4n) is 0.910. The number of hydrogen-bond acceptors (Lipinski definition) is 2. The van der Waals surface area contributed by atoms with Crippen LogP contribution in [-0.4, -0.2) is 9.78 Å². The van der Waals surface area contributed by atoms with Gasteiger partial charge in [0.1, 0.15) is 0 Å². The first-order chi connectivity index (χ1) is 4.77. The molecule has 1 heterocycles. The predicted molar refractivity (Wildman–Crippen MR) is 47.2 cm³/mol. The van der Waals surface area contributed by atoms with E-state index in [0.717, 1.165) is 0 Å². The lowest BCUT2D eigenvalue weighted by Crippen LogP contribution is -1.92. The lowest BCUT2D eigenvalue weighted by molar-refractivity contribution is 0.642. The summed E-state index contributed by atoms with van der Waals surface area (Å²) in [6, 6.07) is 0.565. The van der Waals surface area contributed by atoms with E-state index in [1.54, 1.807) is 6.20 Å². The van der Waals surface area contributed by atoms with E-state index in [0.29, 0.717) is 16.9 Å². The number of halogens is 2. The van der Waals surface area contributed by atoms with E-state index in [1.165, 1.54) is 12.8 Å². The third-order valence-corrected chi connectivity index (χ3v) is 1.93. The molecule has 1 aliphatic rings. The molecule has 0 saturated heterocycles. The maximum atomic E-state index is 5.64. The van der Waals surface area contributed by atoms with Crippen molar-refractivity contribution in [3.05, 3.63) is 11.3 Å². The van der Waals surface area contributed by atoms with Crippen LogP contribution < -0.4 is 5.73 Å². The van der Waals surface area contributed by atoms with Gasteiger partial charge in [0.2, 0.25) is 0 Å². The normalized spacial score (nSPS) is 16.1. The molecule has 1 saturated carbocycles. The van der Waals surface area contributed by atoms with Crippen molar-refractivity contribution in [2.24, 2.45) is 0 Å². The SMILES string of the molecule is Cl.Nc1cn(C2CC2)nc1Cl. The second kappa shape index (κ2) is 2.91. The molecule has 1 fully saturated rings. The summed E-state index contributed by atoms with van der Waals surface area (Å²) in [6.07, 6.45) is 4.20. The third-order valence-electron chi connectivity index (χ3n) is 1.63. The molecular formula is C6H9Cl2N3. The lowest BCUT2D eigenvalue weighted by atomic mass is 10.6. The lowest BCUT2D eigenvalue weighted by Gasteiger charge is -1.91. The quantitative estimate of drug-likeness (QED) is 0.741. The molecule has 2 N–H and O–H groups in total. The zero-order valence-corrected chi connectivity index (χ0v) is 7.40. The first-order valence-corrected chi connectivity index (χ1v) is 3.65. The molecule has 5 heteroatoms. The van der Waals surface area contributed by atoms with Crippen LogP contribution >= 0.6 is 24.0 Å². The van der Waals surface area contributed by atoms with Gasteiger partial charge >= 0.3 is 0 Å². The fraction of sp³-hybridized carbons (Fsp3) is 0.500. The highest BCUT2D eigenvalue weighted by molar-refractivity contribution is 6.31. The summed E-state index contributed by atoms with van der Waals surface area (Å²) in [7, 11) is 0. The largest absolute Gasteiger partial charge is 0.395 e. The maximum Gasteiger partial charge on any atom is 0.173 e. The molecule has 0 unspecified atom stereocenters. The van der Waals surface area contributed by atoms with Gasteiger partial charge in [-0.25, -0.2) is 0 Å². The molecule has 1 aromatic rings. The van der Waals surface area contributed by atoms with Crippen LogP contribution in [0.5, 0.6) is 0 Å². The Kier molecular flexibility index (Phi) is 2.30. The number of nitrogens with zero attached hydrogens (tertiary/aromatic N) is 2. The predicted octanol–water partition coefficient (Wildman–Crippen LogP) is 1.88. The minimum absolute atomic E-state index is 0. The van der Waals surface area contributed by atoms with E-state index in [4.69, 9.17) is 17.3 Å². The smallest absolute Gasteiger partial charge is 0.173 e. The molecule has 1 aliphatic carbocycles. The van der Waals surface area contributed by atoms with Gasteiger partial charge in [-0.2, -0.15) is 5.10 Å². The summed E-state index contributed by atoms with van der Waals surface area (Å²) >= 11 is 5.64. The van der Waals surface area contributed by atoms with Crippen molar-refractivity contribution in [1.29, 1.82) is 0 Å². The Morgan fingerprint density at radius 3 is 2.64 bits per heavy atom. The Morgan fingerprint density at radius 1 is 1.64 bits per heavy atom. The fourth-order valence-corrected chi connectivity index (χ4v) is 1.05. The van der Waals surface area contributed by atoms with Crippen LogP contribution in [0, 0.1) is 0 Å². The van der Waals surface area contributed by atoms with Crippen LogP contribution in [0.15, 0.2) is 6.20 Å². The number of hydrogen-bond donors (Lipinski definition) is 1. The van der Waals surface area contributed by atoms with Gasteiger partial charge in [0.25, 0.3) is 0 Å². The van der Waals surface area contributed by atoms with Crippen molar-refractivity contribution in [1.82, 2.24) is 9.78 Å². The molecule has 0 spiro atoms. The molecular weight excluding hydrogens is 185 g/mol. The van der Waals surface area contributed by atoms with E-state index in [-0.39, 0.29) is 12.4 Å². The number of aromatic nitrogens is 2. The van der Waals surface area contributed by atoms with Crippen LogP contribution in [-0.2, 0) is 0 Å². The average Bonchev–Trinajstić information content (AvgIpc) is 2.64. The van der Waals surface area contributed by atoms with Crippen LogP contribution in [0.2, 0.25) is 5.15 Å². The Morgan fingerprint density at radius 2 is 2.27 bits per heavy atom. The van der Waals surface area contributed by atoms with Gasteiger partial charge in [-0.15, -0.1) is 12.4 Å². The maximum absolute atomic E-state index is 5.64. The summed E-state index contributed by atoms with van der Waals surface area (Å²) in [5.74, 6) is 0. The van der Waals surface area contributed by atoms with Gasteiger partial charge < -0.3 is 5.73 Å². The monoisotopic (exact) mass is 193 g/mol. The van der Waals surface area contributed by atoms with Crippen LogP contribution in [0.4, 0.5) is 5.69 Å². The second-order valence-corrected chi connectivity index (χ2v) is 2.94. The molecule has 0 amide bonds. The number of anilines is 1. The topological polar surface area (TPSA) is 43.8 Å². The number of nitrogens with two attached hydrogens (primary N) is 1. The molecule has 3 nitrogen and oxygen atoms in total. The molecule has 11 heavy (non-hydrogen) atoms. The Hall–Kier alpha value is -0.410. The van der Waals surface area contributed by atoms with Crippen molar-refractivity contribution in [3.8, 4) is 0 Å². The average molecular weight is 194 g/mol. The summed E-state index contributed by atoms with van der Waals surface area (Å²) < 4.78 is 1.84. The molecule has 0 bridgehead atoms. The van der Waals surface area contributed by atoms with Crippen molar-refractivity contribution in [2.75, 3.05) is 5.73 Å². The number of rotatable bonds is 1. The molecule has 1 aromatic heterocycles. The molecule has 0 aromatic carbocycles. The Bertz CT molecular complexity index is 235. The van der Waals surface area contributed by atoms with Gasteiger partial charge in [-0.1, -0.05) is 11.6 Å². The Balaban J connectivity index is 0.000000605.